The molecule has 0 spiro atoms. The first-order valence-corrected chi connectivity index (χ1v) is 8.42. The van der Waals surface area contributed by atoms with Crippen LogP contribution in [0.5, 0.6) is 0 Å². The Balaban J connectivity index is 1.75. The van der Waals surface area contributed by atoms with Gasteiger partial charge in [-0.25, -0.2) is 32.4 Å². The number of carbonyl (C=O) groups excluding carboxylic acids is 1. The Kier molecular flexibility index (Phi) is 4.66. The molecule has 0 aliphatic heterocycles. The molecule has 1 amide bonds. The SMILES string of the molecule is N#Cc1ccn2ncc(-c3ncc4[nH]c(=O)n(CC(=O)NC(F)C(F)F)c4n3)c2c1. The zero-order chi connectivity index (χ0) is 21.4. The second-order valence-corrected chi connectivity index (χ2v) is 6.17. The molecule has 0 fully saturated rings. The van der Waals surface area contributed by atoms with E-state index in [0.29, 0.717) is 16.6 Å². The summed E-state index contributed by atoms with van der Waals surface area (Å²) in [6, 6.07) is 5.17. The fraction of sp³-hybridized carbons (Fsp3) is 0.176. The van der Waals surface area contributed by atoms with Gasteiger partial charge in [0.05, 0.1) is 35.1 Å². The number of halogens is 3. The number of imidazole rings is 1. The quantitative estimate of drug-likeness (QED) is 0.466. The summed E-state index contributed by atoms with van der Waals surface area (Å²) in [6.07, 6.45) is -1.88. The molecular weight excluding hydrogens is 405 g/mol. The van der Waals surface area contributed by atoms with E-state index in [2.05, 4.69) is 20.1 Å². The maximum absolute atomic E-state index is 13.0. The maximum Gasteiger partial charge on any atom is 0.328 e. The minimum absolute atomic E-state index is 0.0170. The molecule has 0 bridgehead atoms. The van der Waals surface area contributed by atoms with Crippen LogP contribution in [0.1, 0.15) is 5.56 Å². The Bertz CT molecular complexity index is 1370. The van der Waals surface area contributed by atoms with Crippen LogP contribution < -0.4 is 11.0 Å². The lowest BCUT2D eigenvalue weighted by atomic mass is 10.2. The number of hydrogen-bond donors (Lipinski definition) is 2. The average Bonchev–Trinajstić information content (AvgIpc) is 3.27. The first-order valence-electron chi connectivity index (χ1n) is 8.42. The van der Waals surface area contributed by atoms with E-state index in [1.165, 1.54) is 22.2 Å². The van der Waals surface area contributed by atoms with E-state index in [9.17, 15) is 22.8 Å². The van der Waals surface area contributed by atoms with Crippen molar-refractivity contribution in [3.8, 4) is 17.5 Å². The minimum Gasteiger partial charge on any atom is -0.320 e. The lowest BCUT2D eigenvalue weighted by Gasteiger charge is -2.09. The topological polar surface area (TPSA) is 134 Å². The number of fused-ring (bicyclic) bond motifs is 2. The molecule has 4 aromatic heterocycles. The summed E-state index contributed by atoms with van der Waals surface area (Å²) < 4.78 is 40.0. The van der Waals surface area contributed by atoms with Gasteiger partial charge < -0.3 is 10.3 Å². The number of hydrogen-bond acceptors (Lipinski definition) is 6. The molecule has 0 aliphatic rings. The summed E-state index contributed by atoms with van der Waals surface area (Å²) >= 11 is 0. The van der Waals surface area contributed by atoms with Gasteiger partial charge in [0.25, 0.3) is 6.43 Å². The number of aromatic nitrogens is 6. The molecule has 1 unspecified atom stereocenters. The highest BCUT2D eigenvalue weighted by Crippen LogP contribution is 2.23. The molecule has 4 aromatic rings. The van der Waals surface area contributed by atoms with Crippen LogP contribution >= 0.6 is 0 Å². The van der Waals surface area contributed by atoms with Crippen molar-refractivity contribution in [2.24, 2.45) is 0 Å². The van der Waals surface area contributed by atoms with E-state index >= 15 is 0 Å². The first-order chi connectivity index (χ1) is 14.4. The normalized spacial score (nSPS) is 12.4. The Morgan fingerprint density at radius 1 is 1.33 bits per heavy atom. The van der Waals surface area contributed by atoms with Crippen LogP contribution in [0.3, 0.4) is 0 Å². The second kappa shape index (κ2) is 7.32. The Morgan fingerprint density at radius 2 is 2.13 bits per heavy atom. The number of aromatic amines is 1. The zero-order valence-electron chi connectivity index (χ0n) is 14.9. The molecule has 10 nitrogen and oxygen atoms in total. The summed E-state index contributed by atoms with van der Waals surface area (Å²) in [7, 11) is 0. The number of amides is 1. The van der Waals surface area contributed by atoms with Gasteiger partial charge in [-0.15, -0.1) is 0 Å². The summed E-state index contributed by atoms with van der Waals surface area (Å²) in [5.41, 5.74) is 0.846. The number of nitrogens with zero attached hydrogens (tertiary/aromatic N) is 6. The zero-order valence-corrected chi connectivity index (χ0v) is 14.9. The number of rotatable bonds is 5. The lowest BCUT2D eigenvalue weighted by molar-refractivity contribution is -0.125. The fourth-order valence-corrected chi connectivity index (χ4v) is 2.85. The molecule has 152 valence electrons. The molecule has 30 heavy (non-hydrogen) atoms. The van der Waals surface area contributed by atoms with Gasteiger partial charge in [0.15, 0.2) is 11.5 Å². The summed E-state index contributed by atoms with van der Waals surface area (Å²) in [5.74, 6) is -0.975. The van der Waals surface area contributed by atoms with E-state index < -0.39 is 30.9 Å². The maximum atomic E-state index is 13.0. The van der Waals surface area contributed by atoms with Crippen molar-refractivity contribution < 1.29 is 18.0 Å². The molecule has 13 heteroatoms. The summed E-state index contributed by atoms with van der Waals surface area (Å²) in [5, 5.41) is 14.7. The van der Waals surface area contributed by atoms with E-state index in [1.807, 2.05) is 6.07 Å². The monoisotopic (exact) mass is 416 g/mol. The Morgan fingerprint density at radius 3 is 2.87 bits per heavy atom. The van der Waals surface area contributed by atoms with Gasteiger partial charge in [-0.1, -0.05) is 0 Å². The number of nitrogens with one attached hydrogen (secondary N) is 2. The van der Waals surface area contributed by atoms with Gasteiger partial charge in [0, 0.05) is 6.20 Å². The number of H-pyrrole nitrogens is 1. The third-order valence-corrected chi connectivity index (χ3v) is 4.22. The average molecular weight is 416 g/mol. The van der Waals surface area contributed by atoms with Crippen molar-refractivity contribution in [2.45, 2.75) is 19.3 Å². The molecule has 0 saturated heterocycles. The molecule has 0 aliphatic carbocycles. The van der Waals surface area contributed by atoms with Crippen LogP contribution in [-0.4, -0.2) is 47.8 Å². The lowest BCUT2D eigenvalue weighted by Crippen LogP contribution is -2.39. The smallest absolute Gasteiger partial charge is 0.320 e. The van der Waals surface area contributed by atoms with E-state index in [4.69, 9.17) is 5.26 Å². The van der Waals surface area contributed by atoms with Crippen LogP contribution in [-0.2, 0) is 11.3 Å². The first kappa shape index (κ1) is 19.1. The van der Waals surface area contributed by atoms with Gasteiger partial charge in [-0.2, -0.15) is 10.4 Å². The summed E-state index contributed by atoms with van der Waals surface area (Å²) in [6.45, 7) is -0.726. The van der Waals surface area contributed by atoms with Crippen LogP contribution in [0, 0.1) is 11.3 Å². The standard InChI is InChI=1S/C17H11F3N8O2/c18-13(19)14(20)25-12(29)7-27-16-10(24-17(27)30)6-22-15(26-16)9-5-23-28-2-1-8(4-21)3-11(9)28/h1-3,5-6,13-14H,7H2,(H,24,30)(H,25,29). The molecular formula is C17H11F3N8O2. The molecule has 4 heterocycles. The predicted octanol–water partition coefficient (Wildman–Crippen LogP) is 0.983. The molecule has 0 saturated carbocycles. The van der Waals surface area contributed by atoms with Crippen LogP contribution in [0.25, 0.3) is 28.1 Å². The number of nitriles is 1. The van der Waals surface area contributed by atoms with Crippen molar-refractivity contribution in [1.82, 2.24) is 34.4 Å². The van der Waals surface area contributed by atoms with Gasteiger partial charge in [0.2, 0.25) is 12.2 Å². The van der Waals surface area contributed by atoms with Crippen molar-refractivity contribution in [1.29, 1.82) is 5.26 Å². The highest BCUT2D eigenvalue weighted by molar-refractivity contribution is 5.81. The third-order valence-electron chi connectivity index (χ3n) is 4.22. The van der Waals surface area contributed by atoms with Gasteiger partial charge in [-0.3, -0.25) is 9.36 Å². The van der Waals surface area contributed by atoms with Crippen molar-refractivity contribution in [3.63, 3.8) is 0 Å². The summed E-state index contributed by atoms with van der Waals surface area (Å²) in [4.78, 5) is 34.9. The highest BCUT2D eigenvalue weighted by atomic mass is 19.3. The minimum atomic E-state index is -3.39. The van der Waals surface area contributed by atoms with Gasteiger partial charge in [-0.05, 0) is 12.1 Å². The number of alkyl halides is 3. The number of pyridine rings is 1. The van der Waals surface area contributed by atoms with Crippen LogP contribution in [0.4, 0.5) is 13.2 Å². The Hall–Kier alpha value is -4.21. The van der Waals surface area contributed by atoms with E-state index in [-0.39, 0.29) is 17.0 Å². The van der Waals surface area contributed by atoms with Gasteiger partial charge >= 0.3 is 5.69 Å². The predicted molar refractivity (Wildman–Crippen MR) is 96.1 cm³/mol. The third kappa shape index (κ3) is 3.34. The Labute approximate surface area is 164 Å². The molecule has 0 aromatic carbocycles. The van der Waals surface area contributed by atoms with E-state index in [1.54, 1.807) is 18.3 Å². The van der Waals surface area contributed by atoms with Crippen LogP contribution in [0.2, 0.25) is 0 Å². The highest BCUT2D eigenvalue weighted by Gasteiger charge is 2.22. The van der Waals surface area contributed by atoms with Crippen molar-refractivity contribution >= 4 is 22.6 Å². The van der Waals surface area contributed by atoms with Gasteiger partial charge in [0.1, 0.15) is 12.1 Å². The van der Waals surface area contributed by atoms with Crippen molar-refractivity contribution in [2.75, 3.05) is 0 Å². The second-order valence-electron chi connectivity index (χ2n) is 6.17. The molecule has 0 radical (unpaired) electrons. The molecule has 2 N–H and O–H groups in total. The molecule has 4 rings (SSSR count). The molecule has 1 atom stereocenters. The van der Waals surface area contributed by atoms with E-state index in [0.717, 1.165) is 4.57 Å². The number of carbonyl (C=O) groups is 1. The van der Waals surface area contributed by atoms with Crippen molar-refractivity contribution in [3.05, 3.63) is 46.8 Å². The van der Waals surface area contributed by atoms with Crippen LogP contribution in [0.15, 0.2) is 35.5 Å². The fourth-order valence-electron chi connectivity index (χ4n) is 2.85. The largest absolute Gasteiger partial charge is 0.328 e.